The number of aromatic nitrogens is 2. The van der Waals surface area contributed by atoms with Crippen molar-refractivity contribution in [3.05, 3.63) is 41.3 Å². The van der Waals surface area contributed by atoms with Crippen LogP contribution in [0.2, 0.25) is 0 Å². The van der Waals surface area contributed by atoms with Crippen LogP contribution in [-0.2, 0) is 20.4 Å². The van der Waals surface area contributed by atoms with E-state index in [1.807, 2.05) is 13.0 Å². The number of alkyl halides is 3. The van der Waals surface area contributed by atoms with Crippen LogP contribution >= 0.6 is 0 Å². The molecule has 8 atom stereocenters. The summed E-state index contributed by atoms with van der Waals surface area (Å²) in [5.41, 5.74) is -3.36. The minimum absolute atomic E-state index is 0.0278. The normalized spacial score (nSPS) is 42.5. The van der Waals surface area contributed by atoms with E-state index in [2.05, 4.69) is 23.8 Å². The van der Waals surface area contributed by atoms with Crippen LogP contribution in [0.25, 0.3) is 0 Å². The Morgan fingerprint density at radius 1 is 1.21 bits per heavy atom. The highest BCUT2D eigenvalue weighted by Gasteiger charge is 2.77. The van der Waals surface area contributed by atoms with Crippen molar-refractivity contribution < 1.29 is 37.3 Å². The molecule has 1 saturated heterocycles. The highest BCUT2D eigenvalue weighted by Crippen LogP contribution is 2.72. The first-order valence-electron chi connectivity index (χ1n) is 13.1. The summed E-state index contributed by atoms with van der Waals surface area (Å²) >= 11 is 0. The molecule has 2 bridgehead atoms. The summed E-state index contributed by atoms with van der Waals surface area (Å²) in [6, 6.07) is 0.227. The van der Waals surface area contributed by atoms with E-state index < -0.39 is 52.8 Å². The molecule has 1 spiro atoms. The summed E-state index contributed by atoms with van der Waals surface area (Å²) in [6.07, 6.45) is -1.52. The molecule has 5 aliphatic rings. The summed E-state index contributed by atoms with van der Waals surface area (Å²) in [6.45, 7) is 11.7. The number of hydrogen-bond acceptors (Lipinski definition) is 7. The monoisotopic (exact) mass is 534 g/mol. The van der Waals surface area contributed by atoms with Crippen molar-refractivity contribution in [2.75, 3.05) is 6.61 Å². The lowest BCUT2D eigenvalue weighted by Gasteiger charge is -2.52. The van der Waals surface area contributed by atoms with Crippen LogP contribution in [0.1, 0.15) is 53.7 Å². The van der Waals surface area contributed by atoms with Crippen molar-refractivity contribution in [1.29, 1.82) is 0 Å². The standard InChI is InChI=1S/C28H33F3N2O5/c1-13-11-26-14(2)9-17-19(24(17,3)4)16(20(26)34)10-15-12-36-25(5,6)38-22(15)27(26,35)21(13)37-23-32-8-7-18(33-23)28(29,30)31/h7-8,10-11,14,16-17,19,21-22,35H,9,12H2,1-6H3/t14-,16+,17-,19+,21+,22-,26+,27-/m1/s1. The topological polar surface area (TPSA) is 90.8 Å². The van der Waals surface area contributed by atoms with E-state index in [0.29, 0.717) is 23.5 Å². The van der Waals surface area contributed by atoms with Gasteiger partial charge in [-0.1, -0.05) is 32.9 Å². The SMILES string of the molecule is CC1=C[C@]23C(=O)[C@@H](C=C4COC(C)(C)O[C@H]4[C@]2(O)[C@H]1Oc1nccc(C(F)(F)F)n1)[C@H]1[C@@H](C[C@H]3C)C1(C)C. The summed E-state index contributed by atoms with van der Waals surface area (Å²) in [5, 5.41) is 12.9. The van der Waals surface area contributed by atoms with E-state index in [9.17, 15) is 23.1 Å². The van der Waals surface area contributed by atoms with Crippen LogP contribution < -0.4 is 4.74 Å². The second-order valence-electron chi connectivity index (χ2n) is 12.7. The predicted molar refractivity (Wildman–Crippen MR) is 129 cm³/mol. The fraction of sp³-hybridized carbons (Fsp3) is 0.679. The zero-order valence-corrected chi connectivity index (χ0v) is 22.3. The molecule has 0 radical (unpaired) electrons. The average molecular weight is 535 g/mol. The number of carbonyl (C=O) groups excluding carboxylic acids is 1. The van der Waals surface area contributed by atoms with Gasteiger partial charge >= 0.3 is 12.2 Å². The Bertz CT molecular complexity index is 1270. The van der Waals surface area contributed by atoms with Crippen LogP contribution in [0, 0.1) is 34.5 Å². The van der Waals surface area contributed by atoms with E-state index in [0.717, 1.165) is 12.3 Å². The molecule has 3 fully saturated rings. The van der Waals surface area contributed by atoms with E-state index in [1.165, 1.54) is 0 Å². The summed E-state index contributed by atoms with van der Waals surface area (Å²) < 4.78 is 58.5. The molecular formula is C28H33F3N2O5. The van der Waals surface area contributed by atoms with E-state index >= 15 is 0 Å². The number of allylic oxidation sites excluding steroid dienone is 1. The number of carbonyl (C=O) groups is 1. The second kappa shape index (κ2) is 7.67. The average Bonchev–Trinajstić information content (AvgIpc) is 3.31. The van der Waals surface area contributed by atoms with E-state index in [4.69, 9.17) is 14.2 Å². The number of ether oxygens (including phenoxy) is 3. The van der Waals surface area contributed by atoms with Gasteiger partial charge in [0.25, 0.3) is 0 Å². The molecule has 10 heteroatoms. The zero-order valence-electron chi connectivity index (χ0n) is 22.3. The lowest BCUT2D eigenvalue weighted by Crippen LogP contribution is -2.68. The molecule has 206 valence electrons. The van der Waals surface area contributed by atoms with Crippen molar-refractivity contribution in [2.24, 2.45) is 34.5 Å². The van der Waals surface area contributed by atoms with Gasteiger partial charge in [0.15, 0.2) is 29.0 Å². The van der Waals surface area contributed by atoms with Crippen LogP contribution in [0.4, 0.5) is 13.2 Å². The number of hydrogen-bond donors (Lipinski definition) is 1. The number of nitrogens with zero attached hydrogens (tertiary/aromatic N) is 2. The third kappa shape index (κ3) is 3.29. The third-order valence-corrected chi connectivity index (χ3v) is 9.82. The number of halogens is 3. The quantitative estimate of drug-likeness (QED) is 0.559. The second-order valence-corrected chi connectivity index (χ2v) is 12.7. The molecular weight excluding hydrogens is 501 g/mol. The van der Waals surface area contributed by atoms with Gasteiger partial charge in [0, 0.05) is 12.1 Å². The Morgan fingerprint density at radius 2 is 1.92 bits per heavy atom. The lowest BCUT2D eigenvalue weighted by molar-refractivity contribution is -0.301. The largest absolute Gasteiger partial charge is 0.452 e. The molecule has 2 saturated carbocycles. The number of ketones is 1. The Kier molecular flexibility index (Phi) is 5.23. The molecule has 38 heavy (non-hydrogen) atoms. The molecule has 4 aliphatic carbocycles. The first-order chi connectivity index (χ1) is 17.5. The van der Waals surface area contributed by atoms with Gasteiger partial charge in [-0.05, 0) is 67.6 Å². The maximum absolute atomic E-state index is 14.6. The van der Waals surface area contributed by atoms with Gasteiger partial charge in [0.1, 0.15) is 6.10 Å². The molecule has 0 aromatic carbocycles. The first kappa shape index (κ1) is 26.0. The molecule has 1 aliphatic heterocycles. The highest BCUT2D eigenvalue weighted by molar-refractivity contribution is 5.95. The van der Waals surface area contributed by atoms with Gasteiger partial charge in [0.05, 0.1) is 12.0 Å². The fourth-order valence-corrected chi connectivity index (χ4v) is 7.96. The molecule has 1 aromatic heterocycles. The van der Waals surface area contributed by atoms with Crippen LogP contribution in [0.3, 0.4) is 0 Å². The minimum Gasteiger partial charge on any atom is -0.452 e. The highest BCUT2D eigenvalue weighted by atomic mass is 19.4. The van der Waals surface area contributed by atoms with Gasteiger partial charge in [-0.2, -0.15) is 18.2 Å². The van der Waals surface area contributed by atoms with Crippen molar-refractivity contribution >= 4 is 5.78 Å². The maximum Gasteiger partial charge on any atom is 0.433 e. The van der Waals surface area contributed by atoms with Gasteiger partial charge in [0.2, 0.25) is 0 Å². The number of rotatable bonds is 2. The number of Topliss-reactive ketones (excluding diaryl/α,β-unsaturated/α-hetero) is 1. The summed E-state index contributed by atoms with van der Waals surface area (Å²) in [7, 11) is 0. The molecule has 0 unspecified atom stereocenters. The van der Waals surface area contributed by atoms with Gasteiger partial charge < -0.3 is 19.3 Å². The Labute approximate surface area is 219 Å². The third-order valence-electron chi connectivity index (χ3n) is 9.82. The summed E-state index contributed by atoms with van der Waals surface area (Å²) in [5.74, 6) is -1.51. The van der Waals surface area contributed by atoms with Gasteiger partial charge in [-0.15, -0.1) is 0 Å². The molecule has 1 N–H and O–H groups in total. The van der Waals surface area contributed by atoms with Crippen LogP contribution in [0.5, 0.6) is 6.01 Å². The Morgan fingerprint density at radius 3 is 2.61 bits per heavy atom. The lowest BCUT2D eigenvalue weighted by atomic mass is 9.59. The maximum atomic E-state index is 14.6. The van der Waals surface area contributed by atoms with Crippen molar-refractivity contribution in [3.8, 4) is 6.01 Å². The Balaban J connectivity index is 1.52. The molecule has 1 aromatic rings. The number of aliphatic hydroxyl groups is 1. The molecule has 7 nitrogen and oxygen atoms in total. The molecule has 0 amide bonds. The smallest absolute Gasteiger partial charge is 0.433 e. The van der Waals surface area contributed by atoms with E-state index in [-0.39, 0.29) is 29.6 Å². The van der Waals surface area contributed by atoms with Crippen molar-refractivity contribution in [1.82, 2.24) is 9.97 Å². The zero-order chi connectivity index (χ0) is 27.6. The summed E-state index contributed by atoms with van der Waals surface area (Å²) in [4.78, 5) is 22.1. The Hall–Kier alpha value is -2.30. The van der Waals surface area contributed by atoms with Gasteiger partial charge in [-0.3, -0.25) is 4.79 Å². The number of fused-ring (bicyclic) bond motifs is 5. The van der Waals surface area contributed by atoms with Crippen molar-refractivity contribution in [2.45, 2.75) is 77.7 Å². The van der Waals surface area contributed by atoms with Crippen LogP contribution in [-0.4, -0.2) is 51.1 Å². The van der Waals surface area contributed by atoms with Gasteiger partial charge in [-0.25, -0.2) is 4.98 Å². The van der Waals surface area contributed by atoms with Crippen LogP contribution in [0.15, 0.2) is 35.6 Å². The molecule has 6 rings (SSSR count). The predicted octanol–water partition coefficient (Wildman–Crippen LogP) is 4.51. The fourth-order valence-electron chi connectivity index (χ4n) is 7.96. The van der Waals surface area contributed by atoms with E-state index in [1.54, 1.807) is 26.8 Å². The minimum atomic E-state index is -4.70. The first-order valence-corrected chi connectivity index (χ1v) is 13.1. The van der Waals surface area contributed by atoms with Crippen molar-refractivity contribution in [3.63, 3.8) is 0 Å². The molecule has 2 heterocycles.